The molecule has 1 saturated carbocycles. The minimum atomic E-state index is -0.753. The Morgan fingerprint density at radius 2 is 1.80 bits per heavy atom. The minimum absolute atomic E-state index is 0.0218. The second-order valence-electron chi connectivity index (χ2n) is 7.41. The van der Waals surface area contributed by atoms with Crippen molar-refractivity contribution in [3.8, 4) is 0 Å². The summed E-state index contributed by atoms with van der Waals surface area (Å²) < 4.78 is 0. The number of aliphatic hydroxyl groups is 3. The zero-order chi connectivity index (χ0) is 18.7. The summed E-state index contributed by atoms with van der Waals surface area (Å²) in [6, 6.07) is 0. The minimum Gasteiger partial charge on any atom is -0.481 e. The van der Waals surface area contributed by atoms with E-state index in [9.17, 15) is 20.1 Å². The van der Waals surface area contributed by atoms with Gasteiger partial charge in [0.2, 0.25) is 0 Å². The van der Waals surface area contributed by atoms with Crippen molar-refractivity contribution in [2.75, 3.05) is 0 Å². The lowest BCUT2D eigenvalue weighted by Gasteiger charge is -2.21. The summed E-state index contributed by atoms with van der Waals surface area (Å²) in [7, 11) is 0. The number of rotatable bonds is 13. The number of hydrogen-bond acceptors (Lipinski definition) is 4. The molecule has 1 aliphatic rings. The first-order valence-corrected chi connectivity index (χ1v) is 9.90. The Kier molecular flexibility index (Phi) is 11.0. The highest BCUT2D eigenvalue weighted by atomic mass is 16.4. The SMILES string of the molecule is CCCCC[C@H](O)C=C[C@H]1[C@@H](CCCCCCC(=O)O)[C@H](O)C[C@H]1O. The van der Waals surface area contributed by atoms with Gasteiger partial charge in [0, 0.05) is 18.8 Å². The molecular weight excluding hydrogens is 320 g/mol. The zero-order valence-corrected chi connectivity index (χ0v) is 15.5. The molecule has 0 amide bonds. The molecule has 5 heteroatoms. The molecule has 4 N–H and O–H groups in total. The van der Waals surface area contributed by atoms with Crippen LogP contribution in [0.25, 0.3) is 0 Å². The molecule has 0 aromatic heterocycles. The van der Waals surface area contributed by atoms with Gasteiger partial charge in [0.1, 0.15) is 0 Å². The van der Waals surface area contributed by atoms with E-state index in [1.165, 1.54) is 0 Å². The summed E-state index contributed by atoms with van der Waals surface area (Å²) in [5.74, 6) is -0.833. The van der Waals surface area contributed by atoms with Crippen LogP contribution in [0.15, 0.2) is 12.2 Å². The zero-order valence-electron chi connectivity index (χ0n) is 15.5. The first-order valence-electron chi connectivity index (χ1n) is 9.90. The van der Waals surface area contributed by atoms with E-state index in [1.54, 1.807) is 6.08 Å². The fourth-order valence-corrected chi connectivity index (χ4v) is 3.74. The first-order chi connectivity index (χ1) is 12.0. The van der Waals surface area contributed by atoms with Gasteiger partial charge < -0.3 is 20.4 Å². The Balaban J connectivity index is 2.38. The lowest BCUT2D eigenvalue weighted by molar-refractivity contribution is -0.137. The maximum atomic E-state index is 10.5. The quantitative estimate of drug-likeness (QED) is 0.300. The van der Waals surface area contributed by atoms with E-state index in [0.717, 1.165) is 51.4 Å². The van der Waals surface area contributed by atoms with Gasteiger partial charge in [0.05, 0.1) is 18.3 Å². The van der Waals surface area contributed by atoms with E-state index in [-0.39, 0.29) is 18.3 Å². The number of aliphatic hydroxyl groups excluding tert-OH is 3. The van der Waals surface area contributed by atoms with Crippen LogP contribution in [0.2, 0.25) is 0 Å². The van der Waals surface area contributed by atoms with Gasteiger partial charge in [-0.3, -0.25) is 4.79 Å². The Morgan fingerprint density at radius 1 is 1.08 bits per heavy atom. The van der Waals surface area contributed by atoms with E-state index < -0.39 is 24.3 Å². The van der Waals surface area contributed by atoms with Gasteiger partial charge in [0.15, 0.2) is 0 Å². The highest BCUT2D eigenvalue weighted by molar-refractivity contribution is 5.66. The van der Waals surface area contributed by atoms with Crippen molar-refractivity contribution in [1.29, 1.82) is 0 Å². The number of carbonyl (C=O) groups is 1. The van der Waals surface area contributed by atoms with Crippen molar-refractivity contribution in [3.63, 3.8) is 0 Å². The third-order valence-electron chi connectivity index (χ3n) is 5.25. The molecule has 5 atom stereocenters. The molecule has 0 radical (unpaired) electrons. The van der Waals surface area contributed by atoms with E-state index in [0.29, 0.717) is 12.8 Å². The van der Waals surface area contributed by atoms with E-state index in [4.69, 9.17) is 5.11 Å². The van der Waals surface area contributed by atoms with Crippen LogP contribution in [-0.2, 0) is 4.79 Å². The lowest BCUT2D eigenvalue weighted by Crippen LogP contribution is -2.21. The van der Waals surface area contributed by atoms with Crippen LogP contribution in [0.1, 0.15) is 77.6 Å². The Labute approximate surface area is 151 Å². The average molecular weight is 357 g/mol. The highest BCUT2D eigenvalue weighted by Crippen LogP contribution is 2.37. The standard InChI is InChI=1S/C20H36O5/c1-2-3-6-9-15(21)12-13-17-16(18(22)14-19(17)23)10-7-4-5-8-11-20(24)25/h12-13,15-19,21-23H,2-11,14H2,1H3,(H,24,25)/t15-,16+,17-,18+,19+/m0/s1. The number of hydrogen-bond donors (Lipinski definition) is 4. The molecule has 1 fully saturated rings. The summed E-state index contributed by atoms with van der Waals surface area (Å²) in [5, 5.41) is 39.0. The Bertz CT molecular complexity index is 396. The molecule has 1 aliphatic carbocycles. The second-order valence-corrected chi connectivity index (χ2v) is 7.41. The number of unbranched alkanes of at least 4 members (excludes halogenated alkanes) is 5. The molecule has 0 aromatic rings. The van der Waals surface area contributed by atoms with Crippen LogP contribution in [0.4, 0.5) is 0 Å². The molecule has 0 bridgehead atoms. The number of carboxylic acid groups (broad SMARTS) is 1. The lowest BCUT2D eigenvalue weighted by atomic mass is 9.88. The van der Waals surface area contributed by atoms with Gasteiger partial charge in [-0.1, -0.05) is 57.6 Å². The molecule has 0 aliphatic heterocycles. The number of carboxylic acids is 1. The van der Waals surface area contributed by atoms with Crippen LogP contribution >= 0.6 is 0 Å². The molecular formula is C20H36O5. The smallest absolute Gasteiger partial charge is 0.303 e. The van der Waals surface area contributed by atoms with Gasteiger partial charge >= 0.3 is 5.97 Å². The largest absolute Gasteiger partial charge is 0.481 e. The van der Waals surface area contributed by atoms with Crippen molar-refractivity contribution in [1.82, 2.24) is 0 Å². The van der Waals surface area contributed by atoms with Crippen LogP contribution in [0.5, 0.6) is 0 Å². The van der Waals surface area contributed by atoms with Gasteiger partial charge in [-0.05, 0) is 25.2 Å². The van der Waals surface area contributed by atoms with E-state index >= 15 is 0 Å². The van der Waals surface area contributed by atoms with Crippen molar-refractivity contribution in [3.05, 3.63) is 12.2 Å². The van der Waals surface area contributed by atoms with Crippen molar-refractivity contribution >= 4 is 5.97 Å². The van der Waals surface area contributed by atoms with Crippen molar-refractivity contribution < 1.29 is 25.2 Å². The van der Waals surface area contributed by atoms with Crippen LogP contribution < -0.4 is 0 Å². The van der Waals surface area contributed by atoms with Gasteiger partial charge in [-0.15, -0.1) is 0 Å². The molecule has 5 nitrogen and oxygen atoms in total. The molecule has 0 aromatic carbocycles. The van der Waals surface area contributed by atoms with Crippen LogP contribution in [0, 0.1) is 11.8 Å². The Hall–Kier alpha value is -0.910. The van der Waals surface area contributed by atoms with E-state index in [2.05, 4.69) is 6.92 Å². The fourth-order valence-electron chi connectivity index (χ4n) is 3.74. The van der Waals surface area contributed by atoms with Gasteiger partial charge in [-0.2, -0.15) is 0 Å². The summed E-state index contributed by atoms with van der Waals surface area (Å²) in [6.07, 6.45) is 11.0. The van der Waals surface area contributed by atoms with Gasteiger partial charge in [-0.25, -0.2) is 0 Å². The number of aliphatic carboxylic acids is 1. The Morgan fingerprint density at radius 3 is 2.48 bits per heavy atom. The van der Waals surface area contributed by atoms with Crippen molar-refractivity contribution in [2.24, 2.45) is 11.8 Å². The highest BCUT2D eigenvalue weighted by Gasteiger charge is 2.39. The second kappa shape index (κ2) is 12.4. The third-order valence-corrected chi connectivity index (χ3v) is 5.25. The first kappa shape index (κ1) is 22.1. The monoisotopic (exact) mass is 356 g/mol. The normalized spacial score (nSPS) is 27.8. The summed E-state index contributed by atoms with van der Waals surface area (Å²) in [4.78, 5) is 10.5. The predicted molar refractivity (Wildman–Crippen MR) is 98.2 cm³/mol. The summed E-state index contributed by atoms with van der Waals surface area (Å²) in [6.45, 7) is 2.13. The van der Waals surface area contributed by atoms with Crippen molar-refractivity contribution in [2.45, 2.75) is 95.9 Å². The summed E-state index contributed by atoms with van der Waals surface area (Å²) in [5.41, 5.74) is 0. The van der Waals surface area contributed by atoms with Gasteiger partial charge in [0.25, 0.3) is 0 Å². The van der Waals surface area contributed by atoms with Crippen LogP contribution in [0.3, 0.4) is 0 Å². The fraction of sp³-hybridized carbons (Fsp3) is 0.850. The average Bonchev–Trinajstić information content (AvgIpc) is 2.82. The molecule has 146 valence electrons. The molecule has 25 heavy (non-hydrogen) atoms. The molecule has 1 rings (SSSR count). The topological polar surface area (TPSA) is 98.0 Å². The maximum Gasteiger partial charge on any atom is 0.303 e. The molecule has 0 heterocycles. The summed E-state index contributed by atoms with van der Waals surface area (Å²) >= 11 is 0. The third kappa shape index (κ3) is 8.84. The van der Waals surface area contributed by atoms with E-state index in [1.807, 2.05) is 6.08 Å². The molecule has 0 spiro atoms. The van der Waals surface area contributed by atoms with Crippen LogP contribution in [-0.4, -0.2) is 44.7 Å². The predicted octanol–water partition coefficient (Wildman–Crippen LogP) is 3.27. The molecule has 0 saturated heterocycles. The maximum absolute atomic E-state index is 10.5. The molecule has 0 unspecified atom stereocenters.